The van der Waals surface area contributed by atoms with Gasteiger partial charge in [-0.05, 0) is 181 Å². The van der Waals surface area contributed by atoms with Crippen molar-refractivity contribution in [2.75, 3.05) is 26.2 Å². The Bertz CT molecular complexity index is 1970. The molecule has 0 aromatic carbocycles. The number of hydrogen-bond acceptors (Lipinski definition) is 13. The minimum Gasteiger partial charge on any atom is -0.460 e. The molecule has 1 saturated carbocycles. The van der Waals surface area contributed by atoms with Gasteiger partial charge in [0, 0.05) is 53.6 Å². The van der Waals surface area contributed by atoms with E-state index in [9.17, 15) is 4.79 Å². The molecule has 0 amide bonds. The second-order valence-electron chi connectivity index (χ2n) is 23.5. The SMILES string of the molecule is CC(C)(C)OC(=O)C1CCC(n2cc(B3OC(C)(C)C(C)(C)O3)cn2)CC1.CC1(C)OB(c2cnn(C3CCNCC3)c2)OC1(C)C.CC1(C)OB(c2cnn(C3CCNCC3)c2)OC1(C)C. The van der Waals surface area contributed by atoms with E-state index < -0.39 is 5.60 Å². The first kappa shape index (κ1) is 51.8. The van der Waals surface area contributed by atoms with Crippen molar-refractivity contribution in [3.8, 4) is 0 Å². The van der Waals surface area contributed by atoms with Crippen LogP contribution in [0.3, 0.4) is 0 Å². The molecule has 16 nitrogen and oxygen atoms in total. The van der Waals surface area contributed by atoms with E-state index in [-0.39, 0.29) is 66.8 Å². The van der Waals surface area contributed by atoms with E-state index in [0.717, 1.165) is 93.9 Å². The van der Waals surface area contributed by atoms with E-state index in [4.69, 9.17) is 32.7 Å². The normalized spacial score (nSPS) is 26.7. The summed E-state index contributed by atoms with van der Waals surface area (Å²) in [5, 5.41) is 20.3. The van der Waals surface area contributed by atoms with Crippen LogP contribution in [-0.2, 0) is 37.5 Å². The second-order valence-corrected chi connectivity index (χ2v) is 23.5. The predicted molar refractivity (Wildman–Crippen MR) is 263 cm³/mol. The summed E-state index contributed by atoms with van der Waals surface area (Å²) in [4.78, 5) is 12.3. The quantitative estimate of drug-likeness (QED) is 0.227. The van der Waals surface area contributed by atoms with Gasteiger partial charge in [-0.3, -0.25) is 18.8 Å². The van der Waals surface area contributed by atoms with E-state index in [0.29, 0.717) is 18.1 Å². The predicted octanol–water partition coefficient (Wildman–Crippen LogP) is 5.47. The van der Waals surface area contributed by atoms with Gasteiger partial charge >= 0.3 is 27.3 Å². The van der Waals surface area contributed by atoms with Crippen LogP contribution in [0.15, 0.2) is 37.2 Å². The number of rotatable bonds is 7. The van der Waals surface area contributed by atoms with Gasteiger partial charge in [-0.2, -0.15) is 15.3 Å². The summed E-state index contributed by atoms with van der Waals surface area (Å²) in [5.74, 6) is -0.0714. The van der Waals surface area contributed by atoms with Crippen molar-refractivity contribution >= 4 is 43.7 Å². The molecule has 0 spiro atoms. The number of nitrogens with one attached hydrogen (secondary N) is 2. The summed E-state index contributed by atoms with van der Waals surface area (Å²) in [7, 11) is -1.01. The molecule has 5 aliphatic heterocycles. The van der Waals surface area contributed by atoms with Gasteiger partial charge in [-0.25, -0.2) is 0 Å². The molecule has 0 atom stereocenters. The van der Waals surface area contributed by atoms with Crippen molar-refractivity contribution in [3.05, 3.63) is 37.2 Å². The van der Waals surface area contributed by atoms with Gasteiger partial charge in [0.05, 0.1) is 57.6 Å². The van der Waals surface area contributed by atoms with Crippen LogP contribution in [0, 0.1) is 5.92 Å². The van der Waals surface area contributed by atoms with E-state index in [2.05, 4.69) is 131 Å². The van der Waals surface area contributed by atoms with Gasteiger partial charge in [0.15, 0.2) is 0 Å². The Labute approximate surface area is 401 Å². The number of piperidine rings is 2. The van der Waals surface area contributed by atoms with Crippen molar-refractivity contribution in [2.45, 2.75) is 213 Å². The standard InChI is InChI=1S/C20H33BN2O4.2C14H24BN3O2/c1-18(2,3)25-17(24)14-8-10-16(11-9-14)23-13-15(12-22-23)21-26-19(4,5)20(6,7)27-21;2*1-13(2)14(3,4)20-15(19-13)11-9-17-18(10-11)12-5-7-16-8-6-12/h12-14,16H,8-11H2,1-7H3;2*9-10,12,16H,5-8H2,1-4H3. The van der Waals surface area contributed by atoms with Crippen molar-refractivity contribution in [3.63, 3.8) is 0 Å². The molecule has 3 aromatic heterocycles. The Morgan fingerprint density at radius 1 is 0.507 bits per heavy atom. The lowest BCUT2D eigenvalue weighted by Crippen LogP contribution is -2.41. The first-order valence-electron chi connectivity index (χ1n) is 25.0. The molecule has 5 saturated heterocycles. The highest BCUT2D eigenvalue weighted by Crippen LogP contribution is 2.39. The summed E-state index contributed by atoms with van der Waals surface area (Å²) in [6.45, 7) is 34.8. The van der Waals surface area contributed by atoms with Gasteiger partial charge in [-0.15, -0.1) is 0 Å². The average Bonchev–Trinajstić information content (AvgIpc) is 4.11. The Balaban J connectivity index is 0.000000152. The van der Waals surface area contributed by atoms with Crippen LogP contribution in [0.4, 0.5) is 0 Å². The zero-order valence-electron chi connectivity index (χ0n) is 43.4. The summed E-state index contributed by atoms with van der Waals surface area (Å²) in [6.07, 6.45) is 19.8. The molecule has 370 valence electrons. The molecule has 0 unspecified atom stereocenters. The Morgan fingerprint density at radius 2 is 0.776 bits per heavy atom. The van der Waals surface area contributed by atoms with Crippen LogP contribution < -0.4 is 27.0 Å². The second kappa shape index (κ2) is 19.6. The summed E-state index contributed by atoms with van der Waals surface area (Å²) in [5.41, 5.74) is 0.656. The molecule has 0 bridgehead atoms. The fourth-order valence-electron chi connectivity index (χ4n) is 9.06. The van der Waals surface area contributed by atoms with E-state index in [1.54, 1.807) is 0 Å². The van der Waals surface area contributed by atoms with Crippen molar-refractivity contribution in [1.82, 2.24) is 40.0 Å². The summed E-state index contributed by atoms with van der Waals surface area (Å²) in [6, 6.07) is 1.29. The molecule has 6 fully saturated rings. The summed E-state index contributed by atoms with van der Waals surface area (Å²) >= 11 is 0. The highest BCUT2D eigenvalue weighted by Gasteiger charge is 2.54. The van der Waals surface area contributed by atoms with E-state index >= 15 is 0 Å². The maximum absolute atomic E-state index is 12.3. The van der Waals surface area contributed by atoms with Crippen LogP contribution in [0.5, 0.6) is 0 Å². The fraction of sp³-hybridized carbons (Fsp3) is 0.792. The lowest BCUT2D eigenvalue weighted by molar-refractivity contribution is -0.161. The Morgan fingerprint density at radius 3 is 1.04 bits per heavy atom. The number of hydrogen-bond donors (Lipinski definition) is 2. The molecule has 1 aliphatic carbocycles. The van der Waals surface area contributed by atoms with Crippen LogP contribution in [0.1, 0.15) is 173 Å². The number of carbonyl (C=O) groups excluding carboxylic acids is 1. The minimum absolute atomic E-state index is 0.00129. The molecule has 67 heavy (non-hydrogen) atoms. The van der Waals surface area contributed by atoms with Gasteiger partial charge in [-0.1, -0.05) is 0 Å². The zero-order valence-corrected chi connectivity index (χ0v) is 43.4. The molecule has 6 aliphatic rings. The van der Waals surface area contributed by atoms with Crippen LogP contribution in [-0.4, -0.2) is 122 Å². The van der Waals surface area contributed by atoms with Gasteiger partial charge < -0.3 is 43.3 Å². The van der Waals surface area contributed by atoms with Crippen molar-refractivity contribution in [2.24, 2.45) is 5.92 Å². The number of esters is 1. The topological polar surface area (TPSA) is 159 Å². The molecular formula is C48H81B3N8O8. The Kier molecular flexibility index (Phi) is 15.2. The maximum atomic E-state index is 12.3. The molecular weight excluding hydrogens is 849 g/mol. The monoisotopic (exact) mass is 931 g/mol. The number of ether oxygens (including phenoxy) is 1. The van der Waals surface area contributed by atoms with Gasteiger partial charge in [0.1, 0.15) is 5.60 Å². The Hall–Kier alpha value is -3.03. The lowest BCUT2D eigenvalue weighted by atomic mass is 9.81. The van der Waals surface area contributed by atoms with E-state index in [1.807, 2.05) is 50.2 Å². The molecule has 2 N–H and O–H groups in total. The van der Waals surface area contributed by atoms with Crippen LogP contribution in [0.2, 0.25) is 0 Å². The molecule has 9 rings (SSSR count). The first-order chi connectivity index (χ1) is 31.2. The highest BCUT2D eigenvalue weighted by molar-refractivity contribution is 6.62. The third-order valence-electron chi connectivity index (χ3n) is 15.6. The van der Waals surface area contributed by atoms with Crippen molar-refractivity contribution in [1.29, 1.82) is 0 Å². The number of carbonyl (C=O) groups is 1. The van der Waals surface area contributed by atoms with Gasteiger partial charge in [0.25, 0.3) is 0 Å². The van der Waals surface area contributed by atoms with Gasteiger partial charge in [0.2, 0.25) is 0 Å². The van der Waals surface area contributed by atoms with Crippen molar-refractivity contribution < 1.29 is 37.5 Å². The minimum atomic E-state index is -0.423. The van der Waals surface area contributed by atoms with Crippen LogP contribution >= 0.6 is 0 Å². The molecule has 19 heteroatoms. The average molecular weight is 931 g/mol. The highest BCUT2D eigenvalue weighted by atomic mass is 16.7. The van der Waals surface area contributed by atoms with Crippen LogP contribution in [0.25, 0.3) is 0 Å². The number of nitrogens with zero attached hydrogens (tertiary/aromatic N) is 6. The molecule has 3 aromatic rings. The fourth-order valence-corrected chi connectivity index (χ4v) is 9.06. The largest absolute Gasteiger partial charge is 0.498 e. The van der Waals surface area contributed by atoms with E-state index in [1.165, 1.54) is 0 Å². The smallest absolute Gasteiger partial charge is 0.460 e. The number of aromatic nitrogens is 6. The first-order valence-corrected chi connectivity index (χ1v) is 25.0. The summed E-state index contributed by atoms with van der Waals surface area (Å²) < 4.78 is 48.2. The third-order valence-corrected chi connectivity index (χ3v) is 15.6. The zero-order chi connectivity index (χ0) is 48.8. The molecule has 0 radical (unpaired) electrons. The lowest BCUT2D eigenvalue weighted by Gasteiger charge is -2.32. The molecule has 8 heterocycles. The third kappa shape index (κ3) is 12.0. The maximum Gasteiger partial charge on any atom is 0.498 e.